The number of halogens is 3. The largest absolute Gasteiger partial charge is 0.453 e. The molecular weight excluding hydrogens is 231 g/mol. The molecule has 0 saturated carbocycles. The number of hydrogen-bond acceptors (Lipinski definition) is 5. The van der Waals surface area contributed by atoms with Crippen molar-refractivity contribution in [3.63, 3.8) is 0 Å². The summed E-state index contributed by atoms with van der Waals surface area (Å²) in [5.41, 5.74) is 0. The fourth-order valence-electron chi connectivity index (χ4n) is 0.757. The van der Waals surface area contributed by atoms with Gasteiger partial charge in [0.25, 0.3) is 5.82 Å². The van der Waals surface area contributed by atoms with E-state index in [1.807, 2.05) is 6.07 Å². The monoisotopic (exact) mass is 237 g/mol. The minimum absolute atomic E-state index is 0.0578. The van der Waals surface area contributed by atoms with Crippen molar-refractivity contribution in [3.05, 3.63) is 5.82 Å². The minimum atomic E-state index is -4.62. The lowest BCUT2D eigenvalue weighted by Gasteiger charge is -2.05. The number of aromatic nitrogens is 3. The molecule has 0 atom stereocenters. The van der Waals surface area contributed by atoms with E-state index in [1.165, 1.54) is 0 Å². The van der Waals surface area contributed by atoms with Crippen molar-refractivity contribution in [2.45, 2.75) is 17.8 Å². The standard InChI is InChI=1S/C6H6F3N5S/c7-6(8,9)4-12-13-5(14(4)11)15-3-1-2-10/h1,3,11H2. The molecule has 0 aliphatic carbocycles. The summed E-state index contributed by atoms with van der Waals surface area (Å²) >= 11 is 0.950. The Labute approximate surface area is 87.0 Å². The first-order valence-electron chi connectivity index (χ1n) is 3.74. The van der Waals surface area contributed by atoms with Crippen LogP contribution < -0.4 is 5.84 Å². The number of alkyl halides is 3. The second kappa shape index (κ2) is 4.39. The van der Waals surface area contributed by atoms with Crippen molar-refractivity contribution < 1.29 is 13.2 Å². The van der Waals surface area contributed by atoms with E-state index >= 15 is 0 Å². The third-order valence-electron chi connectivity index (χ3n) is 1.36. The highest BCUT2D eigenvalue weighted by Crippen LogP contribution is 2.28. The summed E-state index contributed by atoms with van der Waals surface area (Å²) in [6, 6.07) is 1.85. The molecule has 2 N–H and O–H groups in total. The lowest BCUT2D eigenvalue weighted by atomic mass is 10.6. The van der Waals surface area contributed by atoms with E-state index < -0.39 is 12.0 Å². The number of hydrogen-bond donors (Lipinski definition) is 1. The van der Waals surface area contributed by atoms with E-state index in [9.17, 15) is 13.2 Å². The molecule has 1 aromatic rings. The smallest absolute Gasteiger partial charge is 0.335 e. The van der Waals surface area contributed by atoms with Crippen molar-refractivity contribution in [2.75, 3.05) is 11.6 Å². The van der Waals surface area contributed by atoms with Crippen LogP contribution in [0.1, 0.15) is 12.2 Å². The fourth-order valence-corrected chi connectivity index (χ4v) is 1.46. The summed E-state index contributed by atoms with van der Waals surface area (Å²) < 4.78 is 36.9. The summed E-state index contributed by atoms with van der Waals surface area (Å²) in [7, 11) is 0. The normalized spacial score (nSPS) is 11.3. The predicted octanol–water partition coefficient (Wildman–Crippen LogP) is 1.02. The van der Waals surface area contributed by atoms with Crippen LogP contribution in [0.2, 0.25) is 0 Å². The number of nitrogen functional groups attached to an aromatic ring is 1. The van der Waals surface area contributed by atoms with Gasteiger partial charge in [0, 0.05) is 12.2 Å². The van der Waals surface area contributed by atoms with Gasteiger partial charge in [-0.2, -0.15) is 18.4 Å². The molecule has 1 aromatic heterocycles. The number of nitrogens with zero attached hydrogens (tertiary/aromatic N) is 4. The highest BCUT2D eigenvalue weighted by atomic mass is 32.2. The fraction of sp³-hybridized carbons (Fsp3) is 0.500. The second-order valence-electron chi connectivity index (χ2n) is 2.43. The van der Waals surface area contributed by atoms with Gasteiger partial charge in [0.05, 0.1) is 6.07 Å². The molecule has 1 rings (SSSR count). The predicted molar refractivity (Wildman–Crippen MR) is 46.1 cm³/mol. The van der Waals surface area contributed by atoms with Crippen LogP contribution >= 0.6 is 11.8 Å². The van der Waals surface area contributed by atoms with Gasteiger partial charge in [0.1, 0.15) is 0 Å². The van der Waals surface area contributed by atoms with Crippen LogP contribution in [0.5, 0.6) is 0 Å². The van der Waals surface area contributed by atoms with Gasteiger partial charge in [-0.1, -0.05) is 11.8 Å². The Hall–Kier alpha value is -1.43. The Balaban J connectivity index is 2.77. The molecule has 15 heavy (non-hydrogen) atoms. The molecular formula is C6H6F3N5S. The number of nitrogens with two attached hydrogens (primary N) is 1. The first-order valence-corrected chi connectivity index (χ1v) is 4.73. The molecule has 0 bridgehead atoms. The Bertz CT molecular complexity index is 379. The van der Waals surface area contributed by atoms with E-state index in [-0.39, 0.29) is 11.6 Å². The summed E-state index contributed by atoms with van der Waals surface area (Å²) in [6.07, 6.45) is -4.41. The molecule has 0 aromatic carbocycles. The molecule has 0 aliphatic rings. The molecule has 0 fully saturated rings. The Kier molecular flexibility index (Phi) is 3.41. The van der Waals surface area contributed by atoms with Gasteiger partial charge in [-0.05, 0) is 0 Å². The first-order chi connectivity index (χ1) is 6.96. The Morgan fingerprint density at radius 3 is 2.60 bits per heavy atom. The molecule has 0 aliphatic heterocycles. The number of rotatable bonds is 3. The van der Waals surface area contributed by atoms with Crippen molar-refractivity contribution >= 4 is 11.8 Å². The minimum Gasteiger partial charge on any atom is -0.335 e. The molecule has 0 spiro atoms. The molecule has 82 valence electrons. The lowest BCUT2D eigenvalue weighted by Crippen LogP contribution is -2.21. The molecule has 0 radical (unpaired) electrons. The van der Waals surface area contributed by atoms with Crippen LogP contribution in [0.4, 0.5) is 13.2 Å². The maximum absolute atomic E-state index is 12.2. The van der Waals surface area contributed by atoms with Crippen LogP contribution in [-0.4, -0.2) is 20.6 Å². The molecule has 0 saturated heterocycles. The molecule has 1 heterocycles. The summed E-state index contributed by atoms with van der Waals surface area (Å²) in [4.78, 5) is 0. The quantitative estimate of drug-likeness (QED) is 0.482. The van der Waals surface area contributed by atoms with Gasteiger partial charge in [-0.3, -0.25) is 0 Å². The van der Waals surface area contributed by atoms with E-state index in [0.29, 0.717) is 10.4 Å². The highest BCUT2D eigenvalue weighted by molar-refractivity contribution is 7.99. The SMILES string of the molecule is N#CCCSc1nnc(C(F)(F)F)n1N. The van der Waals surface area contributed by atoms with Crippen LogP contribution in [-0.2, 0) is 6.18 Å². The number of thioether (sulfide) groups is 1. The maximum Gasteiger partial charge on any atom is 0.453 e. The van der Waals surface area contributed by atoms with Gasteiger partial charge in [0.2, 0.25) is 5.16 Å². The summed E-state index contributed by atoms with van der Waals surface area (Å²) in [5, 5.41) is 14.4. The Morgan fingerprint density at radius 2 is 2.13 bits per heavy atom. The van der Waals surface area contributed by atoms with Crippen LogP contribution in [0.15, 0.2) is 5.16 Å². The summed E-state index contributed by atoms with van der Waals surface area (Å²) in [6.45, 7) is 0. The lowest BCUT2D eigenvalue weighted by molar-refractivity contribution is -0.146. The zero-order valence-electron chi connectivity index (χ0n) is 7.32. The zero-order valence-corrected chi connectivity index (χ0v) is 8.14. The van der Waals surface area contributed by atoms with Crippen LogP contribution in [0.25, 0.3) is 0 Å². The summed E-state index contributed by atoms with van der Waals surface area (Å²) in [5.74, 6) is 4.21. The van der Waals surface area contributed by atoms with Crippen molar-refractivity contribution in [2.24, 2.45) is 0 Å². The van der Waals surface area contributed by atoms with Crippen molar-refractivity contribution in [1.29, 1.82) is 5.26 Å². The second-order valence-corrected chi connectivity index (χ2v) is 3.49. The van der Waals surface area contributed by atoms with Gasteiger partial charge in [-0.15, -0.1) is 10.2 Å². The Morgan fingerprint density at radius 1 is 1.47 bits per heavy atom. The maximum atomic E-state index is 12.2. The molecule has 9 heteroatoms. The highest BCUT2D eigenvalue weighted by Gasteiger charge is 2.38. The average molecular weight is 237 g/mol. The van der Waals surface area contributed by atoms with E-state index in [4.69, 9.17) is 11.1 Å². The van der Waals surface area contributed by atoms with Crippen molar-refractivity contribution in [3.8, 4) is 6.07 Å². The topological polar surface area (TPSA) is 80.5 Å². The van der Waals surface area contributed by atoms with Gasteiger partial charge < -0.3 is 5.84 Å². The zero-order chi connectivity index (χ0) is 11.5. The third-order valence-corrected chi connectivity index (χ3v) is 2.31. The van der Waals surface area contributed by atoms with Gasteiger partial charge >= 0.3 is 6.18 Å². The van der Waals surface area contributed by atoms with E-state index in [2.05, 4.69) is 10.2 Å². The first kappa shape index (κ1) is 11.6. The molecule has 0 unspecified atom stereocenters. The van der Waals surface area contributed by atoms with Gasteiger partial charge in [0.15, 0.2) is 0 Å². The van der Waals surface area contributed by atoms with Gasteiger partial charge in [-0.25, -0.2) is 4.68 Å². The molecule has 5 nitrogen and oxygen atoms in total. The average Bonchev–Trinajstić information content (AvgIpc) is 2.47. The molecule has 0 amide bonds. The van der Waals surface area contributed by atoms with Crippen LogP contribution in [0, 0.1) is 11.3 Å². The number of nitriles is 1. The van der Waals surface area contributed by atoms with E-state index in [0.717, 1.165) is 11.8 Å². The third kappa shape index (κ3) is 2.76. The van der Waals surface area contributed by atoms with Crippen LogP contribution in [0.3, 0.4) is 0 Å². The van der Waals surface area contributed by atoms with E-state index in [1.54, 1.807) is 0 Å². The van der Waals surface area contributed by atoms with Crippen molar-refractivity contribution in [1.82, 2.24) is 14.9 Å².